The number of carbonyl (C=O) groups is 1. The van der Waals surface area contributed by atoms with Gasteiger partial charge in [-0.2, -0.15) is 0 Å². The van der Waals surface area contributed by atoms with E-state index in [0.717, 1.165) is 22.6 Å². The van der Waals surface area contributed by atoms with Gasteiger partial charge < -0.3 is 5.73 Å². The normalized spacial score (nSPS) is 13.2. The molecular weight excluding hydrogens is 302 g/mol. The van der Waals surface area contributed by atoms with Gasteiger partial charge in [0.05, 0.1) is 22.5 Å². The maximum atomic E-state index is 12.3. The highest BCUT2D eigenvalue weighted by Gasteiger charge is 2.17. The number of carbonyl (C=O) groups excluding carboxylic acids is 1. The van der Waals surface area contributed by atoms with E-state index in [9.17, 15) is 4.79 Å². The Labute approximate surface area is 131 Å². The van der Waals surface area contributed by atoms with Crippen molar-refractivity contribution in [2.45, 2.75) is 25.7 Å². The molecule has 0 aliphatic heterocycles. The zero-order valence-corrected chi connectivity index (χ0v) is 13.1. The highest BCUT2D eigenvalue weighted by atomic mass is 32.1. The Bertz CT molecular complexity index is 697. The minimum Gasteiger partial charge on any atom is -0.320 e. The lowest BCUT2D eigenvalue weighted by atomic mass is 9.99. The first-order valence-corrected chi connectivity index (χ1v) is 8.47. The lowest BCUT2D eigenvalue weighted by Gasteiger charge is -2.08. The Morgan fingerprint density at radius 3 is 3.05 bits per heavy atom. The molecule has 0 bridgehead atoms. The third kappa shape index (κ3) is 3.32. The number of nitrogens with two attached hydrogens (primary N) is 1. The molecule has 2 aromatic rings. The summed E-state index contributed by atoms with van der Waals surface area (Å²) >= 11 is 2.97. The second kappa shape index (κ2) is 6.39. The van der Waals surface area contributed by atoms with E-state index in [4.69, 9.17) is 5.73 Å². The standard InChI is InChI=1S/C15H15N3OS2/c16-7-3-5-11-9-17-15(20-11)18-14(19)13-8-10-4-1-2-6-12(10)21-13/h8-9H,1-2,4,6-7,16H2,(H,17,18,19). The molecule has 0 unspecified atom stereocenters. The van der Waals surface area contributed by atoms with Gasteiger partial charge in [-0.15, -0.1) is 11.3 Å². The topological polar surface area (TPSA) is 68.0 Å². The Balaban J connectivity index is 1.71. The highest BCUT2D eigenvalue weighted by Crippen LogP contribution is 2.30. The number of nitrogens with zero attached hydrogens (tertiary/aromatic N) is 1. The van der Waals surface area contributed by atoms with E-state index in [1.54, 1.807) is 17.5 Å². The van der Waals surface area contributed by atoms with Crippen molar-refractivity contribution in [3.8, 4) is 11.8 Å². The fraction of sp³-hybridized carbons (Fsp3) is 0.333. The molecule has 0 fully saturated rings. The van der Waals surface area contributed by atoms with E-state index in [0.29, 0.717) is 11.7 Å². The molecule has 0 atom stereocenters. The summed E-state index contributed by atoms with van der Waals surface area (Å²) in [5.41, 5.74) is 6.67. The highest BCUT2D eigenvalue weighted by molar-refractivity contribution is 7.16. The van der Waals surface area contributed by atoms with Crippen LogP contribution in [0.1, 0.15) is 37.8 Å². The van der Waals surface area contributed by atoms with Gasteiger partial charge in [0.2, 0.25) is 0 Å². The molecule has 4 nitrogen and oxygen atoms in total. The van der Waals surface area contributed by atoms with E-state index in [1.807, 2.05) is 6.07 Å². The summed E-state index contributed by atoms with van der Waals surface area (Å²) in [6, 6.07) is 2.03. The number of aryl methyl sites for hydroxylation is 2. The van der Waals surface area contributed by atoms with Crippen LogP contribution in [0.2, 0.25) is 0 Å². The van der Waals surface area contributed by atoms with Crippen molar-refractivity contribution < 1.29 is 4.79 Å². The number of anilines is 1. The first-order valence-electron chi connectivity index (χ1n) is 6.84. The maximum absolute atomic E-state index is 12.3. The zero-order valence-electron chi connectivity index (χ0n) is 11.4. The summed E-state index contributed by atoms with van der Waals surface area (Å²) in [4.78, 5) is 19.4. The molecule has 1 aliphatic rings. The molecule has 1 aliphatic carbocycles. The first-order chi connectivity index (χ1) is 10.3. The molecule has 0 saturated heterocycles. The number of nitrogens with one attached hydrogen (secondary N) is 1. The smallest absolute Gasteiger partial charge is 0.267 e. The Morgan fingerprint density at radius 2 is 2.24 bits per heavy atom. The largest absolute Gasteiger partial charge is 0.320 e. The Morgan fingerprint density at radius 1 is 1.38 bits per heavy atom. The molecule has 0 saturated carbocycles. The zero-order chi connectivity index (χ0) is 14.7. The van der Waals surface area contributed by atoms with Crippen LogP contribution in [0.3, 0.4) is 0 Å². The number of rotatable bonds is 2. The fourth-order valence-electron chi connectivity index (χ4n) is 2.29. The van der Waals surface area contributed by atoms with Gasteiger partial charge in [0.1, 0.15) is 0 Å². The van der Waals surface area contributed by atoms with Crippen molar-refractivity contribution in [3.63, 3.8) is 0 Å². The molecule has 3 N–H and O–H groups in total. The predicted octanol–water partition coefficient (Wildman–Crippen LogP) is 2.65. The van der Waals surface area contributed by atoms with E-state index < -0.39 is 0 Å². The van der Waals surface area contributed by atoms with E-state index in [1.165, 1.54) is 34.6 Å². The number of fused-ring (bicyclic) bond motifs is 1. The molecular formula is C15H15N3OS2. The lowest BCUT2D eigenvalue weighted by molar-refractivity contribution is 0.103. The monoisotopic (exact) mass is 317 g/mol. The number of thiazole rings is 1. The predicted molar refractivity (Wildman–Crippen MR) is 87.0 cm³/mol. The van der Waals surface area contributed by atoms with Crippen LogP contribution in [-0.4, -0.2) is 17.4 Å². The van der Waals surface area contributed by atoms with Crippen LogP contribution in [0.25, 0.3) is 0 Å². The summed E-state index contributed by atoms with van der Waals surface area (Å²) < 4.78 is 0. The number of amides is 1. The number of aromatic nitrogens is 1. The van der Waals surface area contributed by atoms with Crippen molar-refractivity contribution >= 4 is 33.7 Å². The molecule has 108 valence electrons. The average Bonchev–Trinajstić information content (AvgIpc) is 3.11. The molecule has 0 radical (unpaired) electrons. The minimum atomic E-state index is -0.0814. The summed E-state index contributed by atoms with van der Waals surface area (Å²) in [5, 5.41) is 3.42. The van der Waals surface area contributed by atoms with Crippen LogP contribution < -0.4 is 11.1 Å². The van der Waals surface area contributed by atoms with E-state index in [-0.39, 0.29) is 5.91 Å². The molecule has 3 rings (SSSR count). The first kappa shape index (κ1) is 14.3. The molecule has 6 heteroatoms. The molecule has 2 heterocycles. The summed E-state index contributed by atoms with van der Waals surface area (Å²) in [6.07, 6.45) is 6.30. The van der Waals surface area contributed by atoms with Crippen molar-refractivity contribution in [1.29, 1.82) is 0 Å². The van der Waals surface area contributed by atoms with Gasteiger partial charge in [0, 0.05) is 4.88 Å². The van der Waals surface area contributed by atoms with Gasteiger partial charge in [0.25, 0.3) is 5.91 Å². The number of hydrogen-bond donors (Lipinski definition) is 2. The minimum absolute atomic E-state index is 0.0814. The molecule has 0 aromatic carbocycles. The van der Waals surface area contributed by atoms with Crippen LogP contribution in [0, 0.1) is 11.8 Å². The summed E-state index contributed by atoms with van der Waals surface area (Å²) in [5.74, 6) is 5.60. The Kier molecular flexibility index (Phi) is 4.34. The average molecular weight is 317 g/mol. The second-order valence-electron chi connectivity index (χ2n) is 4.76. The molecule has 0 spiro atoms. The number of hydrogen-bond acceptors (Lipinski definition) is 5. The van der Waals surface area contributed by atoms with Gasteiger partial charge >= 0.3 is 0 Å². The third-order valence-corrected chi connectivity index (χ3v) is 5.32. The van der Waals surface area contributed by atoms with Crippen molar-refractivity contribution in [1.82, 2.24) is 4.98 Å². The van der Waals surface area contributed by atoms with Gasteiger partial charge in [-0.25, -0.2) is 4.98 Å². The van der Waals surface area contributed by atoms with Crippen molar-refractivity contribution in [2.24, 2.45) is 5.73 Å². The van der Waals surface area contributed by atoms with Crippen molar-refractivity contribution in [2.75, 3.05) is 11.9 Å². The number of thiophene rings is 1. The third-order valence-electron chi connectivity index (χ3n) is 3.26. The van der Waals surface area contributed by atoms with Gasteiger partial charge in [-0.3, -0.25) is 10.1 Å². The van der Waals surface area contributed by atoms with E-state index >= 15 is 0 Å². The quantitative estimate of drug-likeness (QED) is 0.837. The SMILES string of the molecule is NCC#Cc1cnc(NC(=O)c2cc3c(s2)CCCC3)s1. The van der Waals surface area contributed by atoms with Crippen LogP contribution in [0.15, 0.2) is 12.3 Å². The van der Waals surface area contributed by atoms with E-state index in [2.05, 4.69) is 22.1 Å². The van der Waals surface area contributed by atoms with Gasteiger partial charge in [0.15, 0.2) is 5.13 Å². The summed E-state index contributed by atoms with van der Waals surface area (Å²) in [6.45, 7) is 0.320. The molecule has 1 amide bonds. The van der Waals surface area contributed by atoms with Gasteiger partial charge in [-0.1, -0.05) is 23.2 Å². The maximum Gasteiger partial charge on any atom is 0.267 e. The fourth-order valence-corrected chi connectivity index (χ4v) is 4.12. The molecule has 2 aromatic heterocycles. The van der Waals surface area contributed by atoms with Crippen LogP contribution in [0.5, 0.6) is 0 Å². The van der Waals surface area contributed by atoms with Crippen LogP contribution in [-0.2, 0) is 12.8 Å². The second-order valence-corrected chi connectivity index (χ2v) is 6.92. The molecule has 21 heavy (non-hydrogen) atoms. The van der Waals surface area contributed by atoms with Crippen molar-refractivity contribution in [3.05, 3.63) is 32.5 Å². The summed E-state index contributed by atoms with van der Waals surface area (Å²) in [7, 11) is 0. The Hall–Kier alpha value is -1.68. The lowest BCUT2D eigenvalue weighted by Crippen LogP contribution is -2.09. The van der Waals surface area contributed by atoms with Crippen LogP contribution >= 0.6 is 22.7 Å². The van der Waals surface area contributed by atoms with Crippen LogP contribution in [0.4, 0.5) is 5.13 Å². The van der Waals surface area contributed by atoms with Gasteiger partial charge in [-0.05, 0) is 37.3 Å².